The number of rotatable bonds is 8. The molecule has 0 bridgehead atoms. The van der Waals surface area contributed by atoms with Crippen LogP contribution in [0.2, 0.25) is 0 Å². The molecular weight excluding hydrogens is 308 g/mol. The van der Waals surface area contributed by atoms with E-state index < -0.39 is 0 Å². The predicted octanol–water partition coefficient (Wildman–Crippen LogP) is 3.22. The zero-order valence-corrected chi connectivity index (χ0v) is 13.7. The van der Waals surface area contributed by atoms with Crippen LogP contribution in [0, 0.1) is 0 Å². The highest BCUT2D eigenvalue weighted by Crippen LogP contribution is 2.26. The normalized spacial score (nSPS) is 10.4. The molecule has 2 aromatic rings. The minimum atomic E-state index is -0.230. The van der Waals surface area contributed by atoms with Crippen molar-refractivity contribution in [2.75, 3.05) is 13.7 Å². The Bertz CT molecular complexity index is 664. The third-order valence-electron chi connectivity index (χ3n) is 3.67. The first-order valence-electron chi connectivity index (χ1n) is 7.88. The molecular formula is C19H22O5. The van der Waals surface area contributed by atoms with Gasteiger partial charge in [0, 0.05) is 6.42 Å². The van der Waals surface area contributed by atoms with E-state index in [1.165, 1.54) is 7.11 Å². The lowest BCUT2D eigenvalue weighted by atomic mass is 10.1. The van der Waals surface area contributed by atoms with Gasteiger partial charge in [-0.3, -0.25) is 4.79 Å². The summed E-state index contributed by atoms with van der Waals surface area (Å²) in [4.78, 5) is 11.7. The second-order valence-corrected chi connectivity index (χ2v) is 5.50. The van der Waals surface area contributed by atoms with Crippen molar-refractivity contribution >= 4 is 5.97 Å². The van der Waals surface area contributed by atoms with Gasteiger partial charge in [0.25, 0.3) is 0 Å². The second-order valence-electron chi connectivity index (χ2n) is 5.50. The van der Waals surface area contributed by atoms with E-state index >= 15 is 0 Å². The molecule has 2 aromatic carbocycles. The Labute approximate surface area is 141 Å². The molecule has 5 heteroatoms. The van der Waals surface area contributed by atoms with E-state index in [1.54, 1.807) is 36.4 Å². The molecule has 128 valence electrons. The summed E-state index contributed by atoms with van der Waals surface area (Å²) in [7, 11) is 1.51. The number of ether oxygens (including phenoxy) is 2. The van der Waals surface area contributed by atoms with Crippen molar-refractivity contribution in [3.8, 4) is 17.2 Å². The topological polar surface area (TPSA) is 76.0 Å². The first-order valence-corrected chi connectivity index (χ1v) is 7.88. The summed E-state index contributed by atoms with van der Waals surface area (Å²) in [6.45, 7) is 0.359. The Hall–Kier alpha value is -2.69. The van der Waals surface area contributed by atoms with Crippen LogP contribution in [0.4, 0.5) is 0 Å². The maximum Gasteiger partial charge on any atom is 0.306 e. The Kier molecular flexibility index (Phi) is 6.49. The number of phenols is 2. The number of aryl methyl sites for hydroxylation is 2. The molecule has 0 fully saturated rings. The van der Waals surface area contributed by atoms with Crippen LogP contribution in [0.3, 0.4) is 0 Å². The predicted molar refractivity (Wildman–Crippen MR) is 90.4 cm³/mol. The molecule has 2 rings (SSSR count). The average molecular weight is 330 g/mol. The summed E-state index contributed by atoms with van der Waals surface area (Å²) in [5.41, 5.74) is 2.01. The number of carbonyl (C=O) groups is 1. The lowest BCUT2D eigenvalue weighted by Crippen LogP contribution is -2.07. The number of hydrogen-bond acceptors (Lipinski definition) is 5. The van der Waals surface area contributed by atoms with Crippen molar-refractivity contribution in [1.29, 1.82) is 0 Å². The number of hydrogen-bond donors (Lipinski definition) is 2. The SMILES string of the molecule is COc1cc(CCCOC(=O)CCc2ccc(O)cc2)ccc1O. The first kappa shape index (κ1) is 17.7. The molecule has 0 radical (unpaired) electrons. The van der Waals surface area contributed by atoms with Crippen molar-refractivity contribution in [2.24, 2.45) is 0 Å². The molecule has 0 saturated carbocycles. The third kappa shape index (κ3) is 5.50. The molecule has 0 aromatic heterocycles. The van der Waals surface area contributed by atoms with Gasteiger partial charge in [-0.1, -0.05) is 18.2 Å². The van der Waals surface area contributed by atoms with Crippen LogP contribution in [0.5, 0.6) is 17.2 Å². The van der Waals surface area contributed by atoms with Crippen LogP contribution in [0.25, 0.3) is 0 Å². The van der Waals surface area contributed by atoms with Crippen molar-refractivity contribution in [2.45, 2.75) is 25.7 Å². The fourth-order valence-electron chi connectivity index (χ4n) is 2.32. The van der Waals surface area contributed by atoms with E-state index in [9.17, 15) is 15.0 Å². The zero-order valence-electron chi connectivity index (χ0n) is 13.7. The van der Waals surface area contributed by atoms with Crippen LogP contribution in [-0.4, -0.2) is 29.9 Å². The van der Waals surface area contributed by atoms with Gasteiger partial charge in [-0.05, 0) is 54.7 Å². The highest BCUT2D eigenvalue weighted by Gasteiger charge is 2.05. The highest BCUT2D eigenvalue weighted by atomic mass is 16.5. The summed E-state index contributed by atoms with van der Waals surface area (Å²) in [6, 6.07) is 12.0. The molecule has 0 spiro atoms. The minimum absolute atomic E-state index is 0.113. The smallest absolute Gasteiger partial charge is 0.306 e. The van der Waals surface area contributed by atoms with Crippen LogP contribution < -0.4 is 4.74 Å². The van der Waals surface area contributed by atoms with Crippen LogP contribution in [-0.2, 0) is 22.4 Å². The van der Waals surface area contributed by atoms with Gasteiger partial charge in [0.1, 0.15) is 5.75 Å². The van der Waals surface area contributed by atoms with Gasteiger partial charge >= 0.3 is 5.97 Å². The van der Waals surface area contributed by atoms with Gasteiger partial charge < -0.3 is 19.7 Å². The molecule has 5 nitrogen and oxygen atoms in total. The molecule has 2 N–H and O–H groups in total. The molecule has 0 unspecified atom stereocenters. The lowest BCUT2D eigenvalue weighted by Gasteiger charge is -2.07. The molecule has 0 heterocycles. The van der Waals surface area contributed by atoms with Crippen molar-refractivity contribution in [3.63, 3.8) is 0 Å². The van der Waals surface area contributed by atoms with Gasteiger partial charge in [-0.25, -0.2) is 0 Å². The fourth-order valence-corrected chi connectivity index (χ4v) is 2.32. The van der Waals surface area contributed by atoms with Crippen molar-refractivity contribution in [3.05, 3.63) is 53.6 Å². The number of phenolic OH excluding ortho intramolecular Hbond substituents is 2. The fraction of sp³-hybridized carbons (Fsp3) is 0.316. The molecule has 24 heavy (non-hydrogen) atoms. The van der Waals surface area contributed by atoms with Crippen molar-refractivity contribution in [1.82, 2.24) is 0 Å². The lowest BCUT2D eigenvalue weighted by molar-refractivity contribution is -0.143. The van der Waals surface area contributed by atoms with E-state index in [0.29, 0.717) is 31.6 Å². The van der Waals surface area contributed by atoms with E-state index in [2.05, 4.69) is 0 Å². The number of carbonyl (C=O) groups excluding carboxylic acids is 1. The average Bonchev–Trinajstić information content (AvgIpc) is 2.59. The van der Waals surface area contributed by atoms with Crippen molar-refractivity contribution < 1.29 is 24.5 Å². The number of benzene rings is 2. The van der Waals surface area contributed by atoms with Gasteiger partial charge in [0.05, 0.1) is 13.7 Å². The number of aromatic hydroxyl groups is 2. The van der Waals surface area contributed by atoms with E-state index in [1.807, 2.05) is 6.07 Å². The minimum Gasteiger partial charge on any atom is -0.508 e. The number of methoxy groups -OCH3 is 1. The summed E-state index contributed by atoms with van der Waals surface area (Å²) >= 11 is 0. The highest BCUT2D eigenvalue weighted by molar-refractivity contribution is 5.69. The van der Waals surface area contributed by atoms with Gasteiger partial charge in [0.2, 0.25) is 0 Å². The first-order chi connectivity index (χ1) is 11.6. The standard InChI is InChI=1S/C19H22O5/c1-23-18-13-15(6-10-17(18)21)3-2-12-24-19(22)11-7-14-4-8-16(20)9-5-14/h4-6,8-10,13,20-21H,2-3,7,11-12H2,1H3. The molecule has 0 saturated heterocycles. The molecule has 0 amide bonds. The van der Waals surface area contributed by atoms with Crippen LogP contribution in [0.15, 0.2) is 42.5 Å². The number of esters is 1. The largest absolute Gasteiger partial charge is 0.508 e. The maximum absolute atomic E-state index is 11.7. The van der Waals surface area contributed by atoms with Crippen LogP contribution >= 0.6 is 0 Å². The summed E-state index contributed by atoms with van der Waals surface area (Å²) in [6.07, 6.45) is 2.35. The summed E-state index contributed by atoms with van der Waals surface area (Å²) in [5.74, 6) is 0.541. The van der Waals surface area contributed by atoms with Gasteiger partial charge in [-0.15, -0.1) is 0 Å². The van der Waals surface area contributed by atoms with Gasteiger partial charge in [-0.2, -0.15) is 0 Å². The Morgan fingerprint density at radius 3 is 2.42 bits per heavy atom. The zero-order chi connectivity index (χ0) is 17.4. The van der Waals surface area contributed by atoms with E-state index in [0.717, 1.165) is 17.5 Å². The van der Waals surface area contributed by atoms with E-state index in [4.69, 9.17) is 9.47 Å². The maximum atomic E-state index is 11.7. The monoisotopic (exact) mass is 330 g/mol. The van der Waals surface area contributed by atoms with Crippen LogP contribution in [0.1, 0.15) is 24.0 Å². The quantitative estimate of drug-likeness (QED) is 0.574. The molecule has 0 aliphatic rings. The summed E-state index contributed by atoms with van der Waals surface area (Å²) in [5, 5.41) is 18.7. The van der Waals surface area contributed by atoms with E-state index in [-0.39, 0.29) is 17.5 Å². The third-order valence-corrected chi connectivity index (χ3v) is 3.67. The molecule has 0 aliphatic carbocycles. The summed E-state index contributed by atoms with van der Waals surface area (Å²) < 4.78 is 10.3. The molecule has 0 aliphatic heterocycles. The Morgan fingerprint density at radius 1 is 1.00 bits per heavy atom. The second kappa shape index (κ2) is 8.82. The molecule has 0 atom stereocenters. The Balaban J connectivity index is 1.66. The Morgan fingerprint density at radius 2 is 1.71 bits per heavy atom. The van der Waals surface area contributed by atoms with Gasteiger partial charge in [0.15, 0.2) is 11.5 Å².